The van der Waals surface area contributed by atoms with Gasteiger partial charge in [-0.2, -0.15) is 0 Å². The molecule has 0 aliphatic heterocycles. The largest absolute Gasteiger partial charge is 0.489 e. The van der Waals surface area contributed by atoms with Crippen LogP contribution in [-0.4, -0.2) is 52.6 Å². The third kappa shape index (κ3) is 21.9. The van der Waals surface area contributed by atoms with E-state index in [1.165, 1.54) is 191 Å². The first-order valence-electron chi connectivity index (χ1n) is 28.8. The second kappa shape index (κ2) is 38.7. The van der Waals surface area contributed by atoms with Crippen LogP contribution in [0.1, 0.15) is 231 Å². The average molecular weight is 943 g/mol. The van der Waals surface area contributed by atoms with E-state index in [2.05, 4.69) is 36.4 Å². The zero-order chi connectivity index (χ0) is 48.0. The van der Waals surface area contributed by atoms with Gasteiger partial charge in [-0.25, -0.2) is 0 Å². The Hall–Kier alpha value is -3.04. The van der Waals surface area contributed by atoms with E-state index >= 15 is 0 Å². The zero-order valence-corrected chi connectivity index (χ0v) is 43.5. The lowest BCUT2D eigenvalue weighted by molar-refractivity contribution is 0.262. The van der Waals surface area contributed by atoms with Gasteiger partial charge in [-0.3, -0.25) is 0 Å². The second-order valence-electron chi connectivity index (χ2n) is 20.0. The minimum absolute atomic E-state index is 0.679. The molecule has 68 heavy (non-hydrogen) atoms. The molecule has 0 bridgehead atoms. The molecule has 0 saturated heterocycles. The summed E-state index contributed by atoms with van der Waals surface area (Å²) in [5.41, 5.74) is 22.8. The molecule has 386 valence electrons. The Morgan fingerprint density at radius 1 is 0.221 bits per heavy atom. The van der Waals surface area contributed by atoms with Gasteiger partial charge in [0, 0.05) is 32.3 Å². The fraction of sp³-hybridized carbons (Fsp3) is 0.733. The highest BCUT2D eigenvalue weighted by Gasteiger charge is 2.26. The monoisotopic (exact) mass is 943 g/mol. The first-order chi connectivity index (χ1) is 33.8. The summed E-state index contributed by atoms with van der Waals surface area (Å²) in [5.74, 6) is 3.54. The van der Waals surface area contributed by atoms with Crippen LogP contribution < -0.4 is 41.9 Å². The second-order valence-corrected chi connectivity index (χ2v) is 20.0. The Morgan fingerprint density at radius 2 is 0.382 bits per heavy atom. The molecule has 4 rings (SSSR count). The van der Waals surface area contributed by atoms with Crippen molar-refractivity contribution in [2.45, 2.75) is 231 Å². The van der Waals surface area contributed by atoms with Gasteiger partial charge in [-0.15, -0.1) is 0 Å². The molecule has 0 fully saturated rings. The maximum absolute atomic E-state index is 6.94. The molecule has 4 aromatic carbocycles. The molecular formula is C60H102N4O4. The van der Waals surface area contributed by atoms with Gasteiger partial charge >= 0.3 is 0 Å². The van der Waals surface area contributed by atoms with Crippen LogP contribution in [-0.2, 0) is 0 Å². The van der Waals surface area contributed by atoms with E-state index in [9.17, 15) is 0 Å². The van der Waals surface area contributed by atoms with E-state index in [4.69, 9.17) is 41.9 Å². The van der Waals surface area contributed by atoms with Crippen LogP contribution in [0.4, 0.5) is 0 Å². The fourth-order valence-corrected chi connectivity index (χ4v) is 10.1. The number of benzene rings is 4. The Bertz CT molecular complexity index is 1550. The molecule has 0 unspecified atom stereocenters. The molecule has 8 N–H and O–H groups in total. The van der Waals surface area contributed by atoms with Gasteiger partial charge in [0.15, 0.2) is 23.0 Å². The molecule has 4 aromatic rings. The molecule has 0 aromatic heterocycles. The van der Waals surface area contributed by atoms with Crippen LogP contribution in [0.2, 0.25) is 0 Å². The van der Waals surface area contributed by atoms with Crippen molar-refractivity contribution in [3.8, 4) is 23.0 Å². The molecule has 0 aliphatic carbocycles. The molecular weight excluding hydrogens is 841 g/mol. The standard InChI is InChI=1S/C60H102N4O4/c61-43-29-21-13-5-1-9-17-25-33-47-65-57-51-39-37-41-53-55(51)56-52(58(57)66-48-34-26-18-10-2-6-14-22-30-44-62)40-38-42-54(56)60(68-50-36-28-20-12-4-8-16-24-32-46-64)59(53)67-49-35-27-19-11-3-7-15-23-31-45-63/h37-42H,1-36,43-50,61-64H2. The average Bonchev–Trinajstić information content (AvgIpc) is 3.36. The summed E-state index contributed by atoms with van der Waals surface area (Å²) >= 11 is 0. The Morgan fingerprint density at radius 3 is 0.559 bits per heavy atom. The molecule has 0 aliphatic rings. The van der Waals surface area contributed by atoms with Gasteiger partial charge < -0.3 is 41.9 Å². The first kappa shape index (κ1) is 57.5. The van der Waals surface area contributed by atoms with E-state index < -0.39 is 0 Å². The van der Waals surface area contributed by atoms with Crippen molar-refractivity contribution in [1.29, 1.82) is 0 Å². The van der Waals surface area contributed by atoms with E-state index in [0.29, 0.717) is 26.4 Å². The van der Waals surface area contributed by atoms with Crippen molar-refractivity contribution in [2.75, 3.05) is 52.6 Å². The Balaban J connectivity index is 1.53. The van der Waals surface area contributed by atoms with Gasteiger partial charge in [0.25, 0.3) is 0 Å². The quantitative estimate of drug-likeness (QED) is 0.0253. The van der Waals surface area contributed by atoms with E-state index in [0.717, 1.165) is 122 Å². The van der Waals surface area contributed by atoms with Gasteiger partial charge in [0.2, 0.25) is 0 Å². The van der Waals surface area contributed by atoms with Crippen LogP contribution in [0, 0.1) is 0 Å². The summed E-state index contributed by atoms with van der Waals surface area (Å²) in [5, 5.41) is 6.84. The highest BCUT2D eigenvalue weighted by atomic mass is 16.5. The number of ether oxygens (including phenoxy) is 4. The lowest BCUT2D eigenvalue weighted by Gasteiger charge is -2.24. The van der Waals surface area contributed by atoms with Crippen molar-refractivity contribution in [1.82, 2.24) is 0 Å². The van der Waals surface area contributed by atoms with Crippen LogP contribution in [0.15, 0.2) is 36.4 Å². The predicted molar refractivity (Wildman–Crippen MR) is 295 cm³/mol. The van der Waals surface area contributed by atoms with Crippen molar-refractivity contribution < 1.29 is 18.9 Å². The molecule has 0 heterocycles. The smallest absolute Gasteiger partial charge is 0.169 e. The van der Waals surface area contributed by atoms with Crippen LogP contribution in [0.25, 0.3) is 32.3 Å². The minimum Gasteiger partial charge on any atom is -0.489 e. The SMILES string of the molecule is NCCCCCCCCCCCOc1c(OCCCCCCCCCCCN)c2cccc3c(OCCCCCCCCCCCN)c(OCCCCCCCCCCCN)c4cccc1c4c23. The number of rotatable bonds is 48. The van der Waals surface area contributed by atoms with Crippen molar-refractivity contribution in [3.63, 3.8) is 0 Å². The Labute approximate surface area is 415 Å². The molecule has 8 heteroatoms. The van der Waals surface area contributed by atoms with E-state index in [1.54, 1.807) is 0 Å². The molecule has 0 atom stereocenters. The molecule has 0 saturated carbocycles. The maximum atomic E-state index is 6.94. The summed E-state index contributed by atoms with van der Waals surface area (Å²) in [6.45, 7) is 5.97. The number of hydrogen-bond acceptors (Lipinski definition) is 8. The van der Waals surface area contributed by atoms with Crippen LogP contribution in [0.5, 0.6) is 23.0 Å². The molecule has 0 amide bonds. The highest BCUT2D eigenvalue weighted by Crippen LogP contribution is 2.53. The molecule has 0 radical (unpaired) electrons. The third-order valence-electron chi connectivity index (χ3n) is 14.1. The van der Waals surface area contributed by atoms with E-state index in [-0.39, 0.29) is 0 Å². The predicted octanol–water partition coefficient (Wildman–Crippen LogP) is 16.0. The summed E-state index contributed by atoms with van der Waals surface area (Å²) in [4.78, 5) is 0. The van der Waals surface area contributed by atoms with E-state index in [1.807, 2.05) is 0 Å². The summed E-state index contributed by atoms with van der Waals surface area (Å²) in [6, 6.07) is 13.3. The topological polar surface area (TPSA) is 141 Å². The van der Waals surface area contributed by atoms with Crippen molar-refractivity contribution in [3.05, 3.63) is 36.4 Å². The zero-order valence-electron chi connectivity index (χ0n) is 43.5. The van der Waals surface area contributed by atoms with Gasteiger partial charge in [-0.1, -0.05) is 216 Å². The summed E-state index contributed by atoms with van der Waals surface area (Å²) in [7, 11) is 0. The minimum atomic E-state index is 0.679. The first-order valence-corrected chi connectivity index (χ1v) is 28.8. The van der Waals surface area contributed by atoms with Crippen molar-refractivity contribution >= 4 is 32.3 Å². The van der Waals surface area contributed by atoms with Crippen LogP contribution >= 0.6 is 0 Å². The number of hydrogen-bond donors (Lipinski definition) is 4. The van der Waals surface area contributed by atoms with Gasteiger partial charge in [0.05, 0.1) is 26.4 Å². The van der Waals surface area contributed by atoms with Crippen LogP contribution in [0.3, 0.4) is 0 Å². The summed E-state index contributed by atoms with van der Waals surface area (Å²) < 4.78 is 27.7. The molecule has 8 nitrogen and oxygen atoms in total. The molecule has 0 spiro atoms. The lowest BCUT2D eigenvalue weighted by Crippen LogP contribution is -2.07. The Kier molecular flexibility index (Phi) is 32.7. The van der Waals surface area contributed by atoms with Gasteiger partial charge in [-0.05, 0) is 77.5 Å². The maximum Gasteiger partial charge on any atom is 0.169 e. The lowest BCUT2D eigenvalue weighted by atomic mass is 9.91. The number of nitrogens with two attached hydrogens (primary N) is 4. The third-order valence-corrected chi connectivity index (χ3v) is 14.1. The number of unbranched alkanes of at least 4 members (excludes halogenated alkanes) is 32. The fourth-order valence-electron chi connectivity index (χ4n) is 10.1. The normalized spacial score (nSPS) is 11.8. The van der Waals surface area contributed by atoms with Crippen molar-refractivity contribution in [2.24, 2.45) is 22.9 Å². The highest BCUT2D eigenvalue weighted by molar-refractivity contribution is 6.29. The van der Waals surface area contributed by atoms with Gasteiger partial charge in [0.1, 0.15) is 0 Å². The summed E-state index contributed by atoms with van der Waals surface area (Å²) in [6.07, 6.45) is 44.5.